The monoisotopic (exact) mass is 442 g/mol. The van der Waals surface area contributed by atoms with E-state index in [9.17, 15) is 24.3 Å². The third-order valence-corrected chi connectivity index (χ3v) is 5.47. The Bertz CT molecular complexity index is 1060. The van der Waals surface area contributed by atoms with Crippen molar-refractivity contribution in [1.82, 2.24) is 0 Å². The van der Waals surface area contributed by atoms with Crippen LogP contribution in [0.2, 0.25) is 0 Å². The Hall–Kier alpha value is -3.30. The first-order valence-electron chi connectivity index (χ1n) is 10.3. The fourth-order valence-electron chi connectivity index (χ4n) is 3.81. The van der Waals surface area contributed by atoms with Crippen LogP contribution >= 0.6 is 0 Å². The normalized spacial score (nSPS) is 18.9. The SMILES string of the molecule is CC(OC(=O)CC(=O)c1cc2c(o1)C(O)c1ccccc1C2=O)OC(=O)C1CCOCC1. The molecule has 1 fully saturated rings. The number of furan rings is 1. The highest BCUT2D eigenvalue weighted by molar-refractivity contribution is 6.14. The lowest BCUT2D eigenvalue weighted by atomic mass is 9.87. The van der Waals surface area contributed by atoms with Crippen molar-refractivity contribution < 1.29 is 42.9 Å². The summed E-state index contributed by atoms with van der Waals surface area (Å²) in [5.41, 5.74) is 0.788. The molecule has 2 aliphatic rings. The van der Waals surface area contributed by atoms with Gasteiger partial charge in [-0.3, -0.25) is 19.2 Å². The van der Waals surface area contributed by atoms with Gasteiger partial charge in [-0.25, -0.2) is 0 Å². The third kappa shape index (κ3) is 4.35. The van der Waals surface area contributed by atoms with Crippen LogP contribution in [0, 0.1) is 5.92 Å². The van der Waals surface area contributed by atoms with Crippen molar-refractivity contribution in [2.24, 2.45) is 5.92 Å². The van der Waals surface area contributed by atoms with Gasteiger partial charge in [-0.1, -0.05) is 24.3 Å². The zero-order chi connectivity index (χ0) is 22.8. The van der Waals surface area contributed by atoms with E-state index in [0.717, 1.165) is 0 Å². The molecule has 1 N–H and O–H groups in total. The minimum Gasteiger partial charge on any atom is -0.454 e. The molecule has 1 aliphatic heterocycles. The number of Topliss-reactive ketones (excluding diaryl/α,β-unsaturated/α-hetero) is 1. The van der Waals surface area contributed by atoms with Crippen molar-refractivity contribution in [3.63, 3.8) is 0 Å². The van der Waals surface area contributed by atoms with Gasteiger partial charge in [-0.05, 0) is 24.5 Å². The third-order valence-electron chi connectivity index (χ3n) is 5.47. The number of aliphatic hydroxyl groups excluding tert-OH is 1. The van der Waals surface area contributed by atoms with Crippen LogP contribution in [0.25, 0.3) is 0 Å². The summed E-state index contributed by atoms with van der Waals surface area (Å²) in [6, 6.07) is 7.76. The lowest BCUT2D eigenvalue weighted by Crippen LogP contribution is -2.30. The fraction of sp³-hybridized carbons (Fsp3) is 0.391. The average molecular weight is 442 g/mol. The van der Waals surface area contributed by atoms with Gasteiger partial charge in [0.2, 0.25) is 12.1 Å². The molecule has 0 bridgehead atoms. The largest absolute Gasteiger partial charge is 0.454 e. The Labute approximate surface area is 183 Å². The summed E-state index contributed by atoms with van der Waals surface area (Å²) in [6.45, 7) is 2.33. The topological polar surface area (TPSA) is 129 Å². The zero-order valence-corrected chi connectivity index (χ0v) is 17.4. The van der Waals surface area contributed by atoms with Crippen molar-refractivity contribution in [1.29, 1.82) is 0 Å². The van der Waals surface area contributed by atoms with Crippen molar-refractivity contribution in [3.05, 3.63) is 58.5 Å². The second-order valence-electron chi connectivity index (χ2n) is 7.69. The van der Waals surface area contributed by atoms with Crippen molar-refractivity contribution >= 4 is 23.5 Å². The lowest BCUT2D eigenvalue weighted by Gasteiger charge is -2.22. The maximum absolute atomic E-state index is 12.7. The second kappa shape index (κ2) is 9.05. The van der Waals surface area contributed by atoms with E-state index < -0.39 is 36.5 Å². The predicted molar refractivity (Wildman–Crippen MR) is 107 cm³/mol. The van der Waals surface area contributed by atoms with E-state index in [1.165, 1.54) is 13.0 Å². The molecule has 9 nitrogen and oxygen atoms in total. The number of carbonyl (C=O) groups excluding carboxylic acids is 4. The van der Waals surface area contributed by atoms with Crippen LogP contribution in [0.3, 0.4) is 0 Å². The molecule has 32 heavy (non-hydrogen) atoms. The molecule has 1 saturated heterocycles. The first-order valence-corrected chi connectivity index (χ1v) is 10.3. The molecule has 1 aromatic carbocycles. The number of fused-ring (bicyclic) bond motifs is 2. The molecule has 0 amide bonds. The summed E-state index contributed by atoms with van der Waals surface area (Å²) in [4.78, 5) is 49.4. The first kappa shape index (κ1) is 21.9. The standard InChI is InChI=1S/C23H22O9/c1-12(31-23(28)13-6-8-29-9-7-13)30-19(25)11-17(24)18-10-16-20(26)14-4-2-3-5-15(14)21(27)22(16)32-18/h2-5,10,12-13,21,27H,6-9,11H2,1H3. The molecule has 2 unspecified atom stereocenters. The highest BCUT2D eigenvalue weighted by atomic mass is 16.7. The van der Waals surface area contributed by atoms with Crippen LogP contribution in [-0.2, 0) is 23.8 Å². The average Bonchev–Trinajstić information content (AvgIpc) is 3.24. The van der Waals surface area contributed by atoms with E-state index in [4.69, 9.17) is 18.6 Å². The van der Waals surface area contributed by atoms with Gasteiger partial charge in [-0.2, -0.15) is 0 Å². The van der Waals surface area contributed by atoms with E-state index in [2.05, 4.69) is 0 Å². The van der Waals surface area contributed by atoms with Gasteiger partial charge in [-0.15, -0.1) is 0 Å². The van der Waals surface area contributed by atoms with E-state index in [-0.39, 0.29) is 28.8 Å². The number of benzene rings is 1. The Kier molecular flexibility index (Phi) is 6.20. The molecule has 0 saturated carbocycles. The maximum Gasteiger partial charge on any atom is 0.316 e. The Morgan fingerprint density at radius 2 is 1.84 bits per heavy atom. The van der Waals surface area contributed by atoms with Gasteiger partial charge < -0.3 is 23.7 Å². The Morgan fingerprint density at radius 1 is 1.12 bits per heavy atom. The number of rotatable bonds is 6. The molecular weight excluding hydrogens is 420 g/mol. The van der Waals surface area contributed by atoms with Crippen LogP contribution in [0.4, 0.5) is 0 Å². The number of ketones is 2. The van der Waals surface area contributed by atoms with Gasteiger partial charge in [0.25, 0.3) is 0 Å². The van der Waals surface area contributed by atoms with Crippen LogP contribution in [-0.4, -0.2) is 48.1 Å². The molecule has 4 rings (SSSR count). The van der Waals surface area contributed by atoms with Crippen molar-refractivity contribution in [2.45, 2.75) is 38.6 Å². The van der Waals surface area contributed by atoms with Gasteiger partial charge in [0, 0.05) is 25.7 Å². The number of hydrogen-bond acceptors (Lipinski definition) is 9. The van der Waals surface area contributed by atoms with Crippen LogP contribution < -0.4 is 0 Å². The predicted octanol–water partition coefficient (Wildman–Crippen LogP) is 2.34. The molecule has 1 aromatic heterocycles. The number of hydrogen-bond donors (Lipinski definition) is 1. The summed E-state index contributed by atoms with van der Waals surface area (Å²) < 4.78 is 20.8. The molecule has 1 aliphatic carbocycles. The highest BCUT2D eigenvalue weighted by Gasteiger charge is 2.35. The van der Waals surface area contributed by atoms with E-state index >= 15 is 0 Å². The summed E-state index contributed by atoms with van der Waals surface area (Å²) in [6.07, 6.45) is -1.96. The van der Waals surface area contributed by atoms with Crippen LogP contribution in [0.15, 0.2) is 34.7 Å². The number of ether oxygens (including phenoxy) is 3. The van der Waals surface area contributed by atoms with Crippen molar-refractivity contribution in [2.75, 3.05) is 13.2 Å². The van der Waals surface area contributed by atoms with Crippen LogP contribution in [0.5, 0.6) is 0 Å². The van der Waals surface area contributed by atoms with E-state index in [1.807, 2.05) is 0 Å². The summed E-state index contributed by atoms with van der Waals surface area (Å²) >= 11 is 0. The molecule has 0 radical (unpaired) electrons. The minimum absolute atomic E-state index is 0.0378. The lowest BCUT2D eigenvalue weighted by molar-refractivity contribution is -0.188. The first-order chi connectivity index (χ1) is 15.3. The maximum atomic E-state index is 12.7. The Morgan fingerprint density at radius 3 is 2.59 bits per heavy atom. The molecule has 9 heteroatoms. The summed E-state index contributed by atoms with van der Waals surface area (Å²) in [5.74, 6) is -3.08. The number of carbonyl (C=O) groups is 4. The van der Waals surface area contributed by atoms with Crippen LogP contribution in [0.1, 0.15) is 70.1 Å². The zero-order valence-electron chi connectivity index (χ0n) is 17.4. The second-order valence-corrected chi connectivity index (χ2v) is 7.69. The molecule has 2 heterocycles. The van der Waals surface area contributed by atoms with Gasteiger partial charge in [0.1, 0.15) is 18.3 Å². The molecule has 2 aromatic rings. The van der Waals surface area contributed by atoms with Gasteiger partial charge in [0.15, 0.2) is 11.5 Å². The molecule has 0 spiro atoms. The molecule has 168 valence electrons. The molecular formula is C23H22O9. The Balaban J connectivity index is 1.37. The summed E-state index contributed by atoms with van der Waals surface area (Å²) in [7, 11) is 0. The highest BCUT2D eigenvalue weighted by Crippen LogP contribution is 2.36. The smallest absolute Gasteiger partial charge is 0.316 e. The van der Waals surface area contributed by atoms with Gasteiger partial charge in [0.05, 0.1) is 11.5 Å². The summed E-state index contributed by atoms with van der Waals surface area (Å²) in [5, 5.41) is 10.5. The number of esters is 2. The van der Waals surface area contributed by atoms with Crippen molar-refractivity contribution in [3.8, 4) is 0 Å². The quantitative estimate of drug-likeness (QED) is 0.310. The molecule has 2 atom stereocenters. The van der Waals surface area contributed by atoms with Gasteiger partial charge >= 0.3 is 11.9 Å². The minimum atomic E-state index is -1.20. The van der Waals surface area contributed by atoms with E-state index in [0.29, 0.717) is 37.2 Å². The fourth-order valence-corrected chi connectivity index (χ4v) is 3.81. The number of aliphatic hydroxyl groups is 1. The van der Waals surface area contributed by atoms with E-state index in [1.54, 1.807) is 24.3 Å².